The fraction of sp³-hybridized carbons (Fsp3) is 0.125. The summed E-state index contributed by atoms with van der Waals surface area (Å²) in [6, 6.07) is 18.0. The van der Waals surface area contributed by atoms with Gasteiger partial charge in [-0.05, 0) is 42.8 Å². The molecule has 0 atom stereocenters. The Bertz CT molecular complexity index is 1240. The van der Waals surface area contributed by atoms with Gasteiger partial charge in [-0.2, -0.15) is 0 Å². The molecule has 2 aromatic carbocycles. The largest absolute Gasteiger partial charge is 0.397 e. The Balaban J connectivity index is 1.40. The number of nitrogen functional groups attached to an aromatic ring is 1. The lowest BCUT2D eigenvalue weighted by atomic mass is 10.1. The molecule has 2 heterocycles. The SMILES string of the molecule is Cc1cc(CNCc2cnc(-c3ccc(C(=O)Nc4ccccc4N)cc3)c(Cl)c2)no1. The van der Waals surface area contributed by atoms with E-state index in [9.17, 15) is 4.79 Å². The third-order valence-corrected chi connectivity index (χ3v) is 5.13. The summed E-state index contributed by atoms with van der Waals surface area (Å²) < 4.78 is 5.06. The highest BCUT2D eigenvalue weighted by Crippen LogP contribution is 2.27. The Morgan fingerprint density at radius 1 is 1.09 bits per heavy atom. The second-order valence-electron chi connectivity index (χ2n) is 7.33. The summed E-state index contributed by atoms with van der Waals surface area (Å²) in [6.45, 7) is 3.05. The highest BCUT2D eigenvalue weighted by atomic mass is 35.5. The topological polar surface area (TPSA) is 106 Å². The number of nitrogens with one attached hydrogen (secondary N) is 2. The predicted octanol–water partition coefficient (Wildman–Crippen LogP) is 4.82. The standard InChI is InChI=1S/C24H22ClN5O2/c1-15-10-19(30-32-15)14-27-12-16-11-20(25)23(28-13-16)17-6-8-18(9-7-17)24(31)29-22-5-3-2-4-21(22)26/h2-11,13,27H,12,14,26H2,1H3,(H,29,31). The number of aromatic nitrogens is 2. The second-order valence-corrected chi connectivity index (χ2v) is 7.73. The molecule has 0 saturated heterocycles. The quantitative estimate of drug-likeness (QED) is 0.350. The number of hydrogen-bond acceptors (Lipinski definition) is 6. The molecule has 0 radical (unpaired) electrons. The molecule has 4 aromatic rings. The minimum absolute atomic E-state index is 0.239. The Kier molecular flexibility index (Phi) is 6.49. The molecule has 8 heteroatoms. The van der Waals surface area contributed by atoms with Crippen molar-refractivity contribution in [2.24, 2.45) is 0 Å². The van der Waals surface area contributed by atoms with Crippen molar-refractivity contribution in [3.05, 3.63) is 94.5 Å². The lowest BCUT2D eigenvalue weighted by Gasteiger charge is -2.10. The van der Waals surface area contributed by atoms with E-state index in [-0.39, 0.29) is 5.91 Å². The Morgan fingerprint density at radius 2 is 1.88 bits per heavy atom. The van der Waals surface area contributed by atoms with E-state index in [1.807, 2.05) is 43.3 Å². The van der Waals surface area contributed by atoms with Gasteiger partial charge in [-0.25, -0.2) is 0 Å². The predicted molar refractivity (Wildman–Crippen MR) is 125 cm³/mol. The molecule has 0 unspecified atom stereocenters. The molecule has 0 aliphatic heterocycles. The van der Waals surface area contributed by atoms with Crippen LogP contribution in [0.2, 0.25) is 5.02 Å². The molecule has 2 aromatic heterocycles. The first-order valence-corrected chi connectivity index (χ1v) is 10.4. The summed E-state index contributed by atoms with van der Waals surface area (Å²) in [5.41, 5.74) is 10.8. The molecule has 0 aliphatic rings. The summed E-state index contributed by atoms with van der Waals surface area (Å²) in [6.07, 6.45) is 1.78. The number of halogens is 1. The van der Waals surface area contributed by atoms with Crippen LogP contribution in [-0.4, -0.2) is 16.0 Å². The van der Waals surface area contributed by atoms with E-state index in [1.54, 1.807) is 30.5 Å². The van der Waals surface area contributed by atoms with Crippen molar-refractivity contribution < 1.29 is 9.32 Å². The maximum absolute atomic E-state index is 12.5. The highest BCUT2D eigenvalue weighted by Gasteiger charge is 2.11. The molecule has 0 saturated carbocycles. The summed E-state index contributed by atoms with van der Waals surface area (Å²) in [5.74, 6) is 0.542. The van der Waals surface area contributed by atoms with Gasteiger partial charge in [0.15, 0.2) is 0 Å². The smallest absolute Gasteiger partial charge is 0.255 e. The third-order valence-electron chi connectivity index (χ3n) is 4.84. The van der Waals surface area contributed by atoms with Crippen molar-refractivity contribution in [3.63, 3.8) is 0 Å². The average molecular weight is 448 g/mol. The zero-order valence-corrected chi connectivity index (χ0v) is 18.2. The highest BCUT2D eigenvalue weighted by molar-refractivity contribution is 6.33. The van der Waals surface area contributed by atoms with Crippen LogP contribution in [-0.2, 0) is 13.1 Å². The number of benzene rings is 2. The van der Waals surface area contributed by atoms with Crippen molar-refractivity contribution in [1.29, 1.82) is 0 Å². The maximum Gasteiger partial charge on any atom is 0.255 e. The maximum atomic E-state index is 12.5. The van der Waals surface area contributed by atoms with Crippen molar-refractivity contribution in [3.8, 4) is 11.3 Å². The fourth-order valence-electron chi connectivity index (χ4n) is 3.21. The van der Waals surface area contributed by atoms with Crippen LogP contribution in [0.4, 0.5) is 11.4 Å². The summed E-state index contributed by atoms with van der Waals surface area (Å²) in [5, 5.41) is 10.6. The number of hydrogen-bond donors (Lipinski definition) is 3. The van der Waals surface area contributed by atoms with Crippen LogP contribution in [0, 0.1) is 6.92 Å². The fourth-order valence-corrected chi connectivity index (χ4v) is 3.51. The monoisotopic (exact) mass is 447 g/mol. The summed E-state index contributed by atoms with van der Waals surface area (Å²) in [4.78, 5) is 17.0. The molecule has 162 valence electrons. The van der Waals surface area contributed by atoms with E-state index in [1.165, 1.54) is 0 Å². The number of pyridine rings is 1. The molecular weight excluding hydrogens is 426 g/mol. The summed E-state index contributed by atoms with van der Waals surface area (Å²) in [7, 11) is 0. The minimum Gasteiger partial charge on any atom is -0.397 e. The minimum atomic E-state index is -0.239. The Labute approximate surface area is 190 Å². The molecule has 1 amide bonds. The van der Waals surface area contributed by atoms with Crippen molar-refractivity contribution >= 4 is 28.9 Å². The van der Waals surface area contributed by atoms with Crippen molar-refractivity contribution in [2.45, 2.75) is 20.0 Å². The molecule has 0 fully saturated rings. The first-order chi connectivity index (χ1) is 15.5. The van der Waals surface area contributed by atoms with Crippen molar-refractivity contribution in [2.75, 3.05) is 11.1 Å². The molecule has 4 N–H and O–H groups in total. The number of aryl methyl sites for hydroxylation is 1. The lowest BCUT2D eigenvalue weighted by molar-refractivity contribution is 0.102. The average Bonchev–Trinajstić information content (AvgIpc) is 3.20. The van der Waals surface area contributed by atoms with Gasteiger partial charge in [0.1, 0.15) is 5.76 Å². The van der Waals surface area contributed by atoms with Crippen LogP contribution in [0.5, 0.6) is 0 Å². The van der Waals surface area contributed by atoms with Gasteiger partial charge in [-0.3, -0.25) is 9.78 Å². The molecule has 4 rings (SSSR count). The molecule has 0 bridgehead atoms. The van der Waals surface area contributed by atoms with Gasteiger partial charge < -0.3 is 20.9 Å². The van der Waals surface area contributed by atoms with Crippen LogP contribution in [0.15, 0.2) is 71.4 Å². The van der Waals surface area contributed by atoms with Gasteiger partial charge >= 0.3 is 0 Å². The Hall–Kier alpha value is -3.68. The van der Waals surface area contributed by atoms with Crippen LogP contribution >= 0.6 is 11.6 Å². The van der Waals surface area contributed by atoms with E-state index in [0.29, 0.717) is 40.7 Å². The zero-order chi connectivity index (χ0) is 22.5. The van der Waals surface area contributed by atoms with Gasteiger partial charge in [0, 0.05) is 36.5 Å². The van der Waals surface area contributed by atoms with Gasteiger partial charge in [0.05, 0.1) is 27.8 Å². The molecule has 32 heavy (non-hydrogen) atoms. The zero-order valence-electron chi connectivity index (χ0n) is 17.4. The number of anilines is 2. The Morgan fingerprint density at radius 3 is 2.56 bits per heavy atom. The van der Waals surface area contributed by atoms with Crippen molar-refractivity contribution in [1.82, 2.24) is 15.5 Å². The van der Waals surface area contributed by atoms with Crippen LogP contribution in [0.1, 0.15) is 27.4 Å². The van der Waals surface area contributed by atoms with Gasteiger partial charge in [0.25, 0.3) is 5.91 Å². The van der Waals surface area contributed by atoms with Gasteiger partial charge in [0.2, 0.25) is 0 Å². The van der Waals surface area contributed by atoms with E-state index in [0.717, 1.165) is 22.6 Å². The summed E-state index contributed by atoms with van der Waals surface area (Å²) >= 11 is 6.48. The van der Waals surface area contributed by atoms with Crippen LogP contribution in [0.25, 0.3) is 11.3 Å². The number of rotatable bonds is 7. The first-order valence-electron chi connectivity index (χ1n) is 10.0. The molecule has 7 nitrogen and oxygen atoms in total. The van der Waals surface area contributed by atoms with E-state index < -0.39 is 0 Å². The van der Waals surface area contributed by atoms with E-state index >= 15 is 0 Å². The number of amides is 1. The number of carbonyl (C=O) groups is 1. The number of para-hydroxylation sites is 2. The number of nitrogens with zero attached hydrogens (tertiary/aromatic N) is 2. The van der Waals surface area contributed by atoms with Gasteiger partial charge in [-0.15, -0.1) is 0 Å². The third kappa shape index (κ3) is 5.14. The number of nitrogens with two attached hydrogens (primary N) is 1. The molecule has 0 spiro atoms. The van der Waals surface area contributed by atoms with Gasteiger partial charge in [-0.1, -0.05) is 41.0 Å². The van der Waals surface area contributed by atoms with Crippen LogP contribution < -0.4 is 16.4 Å². The first kappa shape index (κ1) is 21.5. The number of carbonyl (C=O) groups excluding carboxylic acids is 1. The normalized spacial score (nSPS) is 10.8. The second kappa shape index (κ2) is 9.64. The van der Waals surface area contributed by atoms with Crippen LogP contribution in [0.3, 0.4) is 0 Å². The van der Waals surface area contributed by atoms with E-state index in [2.05, 4.69) is 20.8 Å². The van der Waals surface area contributed by atoms with E-state index in [4.69, 9.17) is 21.9 Å². The lowest BCUT2D eigenvalue weighted by Crippen LogP contribution is -2.13. The molecule has 0 aliphatic carbocycles. The molecular formula is C24H22ClN5O2.